The van der Waals surface area contributed by atoms with Crippen molar-refractivity contribution < 1.29 is 14.3 Å². The number of halogens is 1. The number of hydrazone groups is 1. The second-order valence-corrected chi connectivity index (χ2v) is 5.74. The quantitative estimate of drug-likeness (QED) is 0.431. The molecule has 3 N–H and O–H groups in total. The van der Waals surface area contributed by atoms with Gasteiger partial charge in [0.2, 0.25) is 5.91 Å². The molecule has 0 spiro atoms. The van der Waals surface area contributed by atoms with E-state index in [1.54, 1.807) is 12.1 Å². The molecule has 0 fully saturated rings. The molecule has 2 rings (SSSR count). The van der Waals surface area contributed by atoms with Gasteiger partial charge in [-0.3, -0.25) is 14.6 Å². The van der Waals surface area contributed by atoms with E-state index in [0.29, 0.717) is 21.5 Å². The van der Waals surface area contributed by atoms with Crippen LogP contribution in [0.4, 0.5) is 0 Å². The minimum absolute atomic E-state index is 0.0213. The number of benzene rings is 1. The molecule has 0 aliphatic heterocycles. The van der Waals surface area contributed by atoms with Crippen molar-refractivity contribution in [2.24, 2.45) is 5.10 Å². The zero-order valence-corrected chi connectivity index (χ0v) is 15.5. The van der Waals surface area contributed by atoms with Crippen LogP contribution in [0.15, 0.2) is 31.3 Å². The highest BCUT2D eigenvalue weighted by Crippen LogP contribution is 2.36. The smallest absolute Gasteiger partial charge is 0.342 e. The Bertz CT molecular complexity index is 937. The minimum Gasteiger partial charge on any atom is -0.493 e. The fraction of sp³-hybridized carbons (Fsp3) is 0.267. The van der Waals surface area contributed by atoms with E-state index in [0.717, 1.165) is 0 Å². The normalized spacial score (nSPS) is 10.7. The maximum absolute atomic E-state index is 11.8. The number of amides is 1. The van der Waals surface area contributed by atoms with Crippen molar-refractivity contribution >= 4 is 28.1 Å². The number of carbonyl (C=O) groups is 1. The van der Waals surface area contributed by atoms with Crippen LogP contribution in [0, 0.1) is 0 Å². The summed E-state index contributed by atoms with van der Waals surface area (Å²) in [7, 11) is 3.04. The fourth-order valence-corrected chi connectivity index (χ4v) is 2.60. The first-order valence-electron chi connectivity index (χ1n) is 7.36. The van der Waals surface area contributed by atoms with Crippen LogP contribution in [-0.2, 0) is 11.2 Å². The van der Waals surface area contributed by atoms with Crippen LogP contribution in [0.3, 0.4) is 0 Å². The lowest BCUT2D eigenvalue weighted by Gasteiger charge is -2.10. The standard InChI is InChI=1S/C15H16BrN5O5/c1-25-10-5-3-8(12(16)13(10)26-2)7-17-20-11(22)6-4-9-14(23)18-15(24)21-19-9/h3,5,7H,4,6H2,1-2H3,(H,20,22)(H2,18,21,23,24)/b17-7+. The first kappa shape index (κ1) is 19.4. The third-order valence-corrected chi connectivity index (χ3v) is 4.10. The van der Waals surface area contributed by atoms with Gasteiger partial charge in [-0.15, -0.1) is 0 Å². The summed E-state index contributed by atoms with van der Waals surface area (Å²) >= 11 is 3.39. The van der Waals surface area contributed by atoms with Gasteiger partial charge in [0, 0.05) is 18.4 Å². The first-order chi connectivity index (χ1) is 12.5. The summed E-state index contributed by atoms with van der Waals surface area (Å²) in [6, 6.07) is 3.45. The molecular weight excluding hydrogens is 410 g/mol. The number of H-pyrrole nitrogens is 2. The van der Waals surface area contributed by atoms with Crippen LogP contribution in [-0.4, -0.2) is 41.5 Å². The summed E-state index contributed by atoms with van der Waals surface area (Å²) < 4.78 is 11.1. The molecule has 11 heteroatoms. The zero-order valence-electron chi connectivity index (χ0n) is 14.0. The van der Waals surface area contributed by atoms with Gasteiger partial charge in [0.05, 0.1) is 24.9 Å². The summed E-state index contributed by atoms with van der Waals surface area (Å²) in [5.74, 6) is 0.649. The maximum Gasteiger partial charge on any atom is 0.342 e. The molecule has 1 amide bonds. The van der Waals surface area contributed by atoms with Crippen molar-refractivity contribution in [3.63, 3.8) is 0 Å². The van der Waals surface area contributed by atoms with Gasteiger partial charge in [-0.1, -0.05) is 0 Å². The van der Waals surface area contributed by atoms with E-state index in [1.165, 1.54) is 20.4 Å². The van der Waals surface area contributed by atoms with Crippen LogP contribution >= 0.6 is 15.9 Å². The molecule has 0 aliphatic rings. The van der Waals surface area contributed by atoms with Gasteiger partial charge in [-0.25, -0.2) is 15.3 Å². The molecule has 0 saturated carbocycles. The van der Waals surface area contributed by atoms with Crippen molar-refractivity contribution in [1.82, 2.24) is 20.6 Å². The number of carbonyl (C=O) groups excluding carboxylic acids is 1. The average Bonchev–Trinajstić information content (AvgIpc) is 2.62. The van der Waals surface area contributed by atoms with Gasteiger partial charge >= 0.3 is 5.69 Å². The fourth-order valence-electron chi connectivity index (χ4n) is 2.01. The molecule has 1 aromatic heterocycles. The molecule has 0 saturated heterocycles. The molecule has 0 unspecified atom stereocenters. The molecule has 138 valence electrons. The van der Waals surface area contributed by atoms with Gasteiger partial charge in [0.25, 0.3) is 5.56 Å². The van der Waals surface area contributed by atoms with Crippen LogP contribution in [0.2, 0.25) is 0 Å². The third-order valence-electron chi connectivity index (χ3n) is 3.28. The predicted octanol–water partition coefficient (Wildman–Crippen LogP) is 0.321. The Balaban J connectivity index is 1.96. The number of aromatic nitrogens is 3. The number of rotatable bonds is 7. The lowest BCUT2D eigenvalue weighted by atomic mass is 10.2. The van der Waals surface area contributed by atoms with E-state index in [2.05, 4.69) is 36.7 Å². The van der Waals surface area contributed by atoms with Crippen molar-refractivity contribution in [2.75, 3.05) is 14.2 Å². The second-order valence-electron chi connectivity index (χ2n) is 4.95. The molecule has 1 aromatic carbocycles. The Morgan fingerprint density at radius 2 is 2.12 bits per heavy atom. The van der Waals surface area contributed by atoms with E-state index in [1.807, 2.05) is 4.98 Å². The Morgan fingerprint density at radius 3 is 2.77 bits per heavy atom. The SMILES string of the molecule is COc1ccc(/C=N/NC(=O)CCc2n[nH]c(=O)[nH]c2=O)c(Br)c1OC. The van der Waals surface area contributed by atoms with Gasteiger partial charge in [0.1, 0.15) is 5.69 Å². The molecule has 10 nitrogen and oxygen atoms in total. The van der Waals surface area contributed by atoms with E-state index in [4.69, 9.17) is 9.47 Å². The summed E-state index contributed by atoms with van der Waals surface area (Å²) in [5, 5.41) is 9.57. The van der Waals surface area contributed by atoms with E-state index < -0.39 is 17.2 Å². The first-order valence-corrected chi connectivity index (χ1v) is 8.15. The summed E-state index contributed by atoms with van der Waals surface area (Å²) in [6.45, 7) is 0. The van der Waals surface area contributed by atoms with Crippen molar-refractivity contribution in [3.8, 4) is 11.5 Å². The molecule has 2 aromatic rings. The minimum atomic E-state index is -0.701. The average molecular weight is 426 g/mol. The summed E-state index contributed by atoms with van der Waals surface area (Å²) in [5.41, 5.74) is 1.75. The van der Waals surface area contributed by atoms with Gasteiger partial charge in [-0.2, -0.15) is 10.2 Å². The van der Waals surface area contributed by atoms with Crippen LogP contribution < -0.4 is 26.1 Å². The number of hydrogen-bond acceptors (Lipinski definition) is 7. The zero-order chi connectivity index (χ0) is 19.1. The highest BCUT2D eigenvalue weighted by atomic mass is 79.9. The highest BCUT2D eigenvalue weighted by Gasteiger charge is 2.11. The van der Waals surface area contributed by atoms with Crippen molar-refractivity contribution in [2.45, 2.75) is 12.8 Å². The number of aromatic amines is 2. The molecule has 1 heterocycles. The lowest BCUT2D eigenvalue weighted by Crippen LogP contribution is -2.28. The number of hydrogen-bond donors (Lipinski definition) is 3. The van der Waals surface area contributed by atoms with E-state index >= 15 is 0 Å². The number of methoxy groups -OCH3 is 2. The van der Waals surface area contributed by atoms with E-state index in [-0.39, 0.29) is 18.5 Å². The van der Waals surface area contributed by atoms with Gasteiger partial charge in [-0.05, 0) is 28.1 Å². The molecule has 0 bridgehead atoms. The topological polar surface area (TPSA) is 139 Å². The van der Waals surface area contributed by atoms with Crippen molar-refractivity contribution in [3.05, 3.63) is 48.7 Å². The third kappa shape index (κ3) is 4.79. The van der Waals surface area contributed by atoms with Gasteiger partial charge in [0.15, 0.2) is 11.5 Å². The molecule has 0 atom stereocenters. The Kier molecular flexibility index (Phi) is 6.67. The predicted molar refractivity (Wildman–Crippen MR) is 96.8 cm³/mol. The monoisotopic (exact) mass is 425 g/mol. The summed E-state index contributed by atoms with van der Waals surface area (Å²) in [6.07, 6.45) is 1.48. The largest absolute Gasteiger partial charge is 0.493 e. The molecule has 26 heavy (non-hydrogen) atoms. The molecular formula is C15H16BrN5O5. The summed E-state index contributed by atoms with van der Waals surface area (Å²) in [4.78, 5) is 36.2. The van der Waals surface area contributed by atoms with Crippen LogP contribution in [0.1, 0.15) is 17.7 Å². The Morgan fingerprint density at radius 1 is 1.35 bits per heavy atom. The number of ether oxygens (including phenoxy) is 2. The maximum atomic E-state index is 11.8. The number of nitrogens with one attached hydrogen (secondary N) is 3. The number of aryl methyl sites for hydroxylation is 1. The Hall–Kier alpha value is -2.95. The lowest BCUT2D eigenvalue weighted by molar-refractivity contribution is -0.121. The Labute approximate surface area is 155 Å². The van der Waals surface area contributed by atoms with Gasteiger partial charge < -0.3 is 9.47 Å². The second kappa shape index (κ2) is 8.94. The van der Waals surface area contributed by atoms with E-state index in [9.17, 15) is 14.4 Å². The number of nitrogens with zero attached hydrogens (tertiary/aromatic N) is 2. The van der Waals surface area contributed by atoms with Crippen molar-refractivity contribution in [1.29, 1.82) is 0 Å². The van der Waals surface area contributed by atoms with Crippen LogP contribution in [0.5, 0.6) is 11.5 Å². The van der Waals surface area contributed by atoms with Crippen LogP contribution in [0.25, 0.3) is 0 Å². The molecule has 0 aliphatic carbocycles. The highest BCUT2D eigenvalue weighted by molar-refractivity contribution is 9.10. The molecule has 0 radical (unpaired) electrons.